The molecule has 0 aromatic carbocycles. The second kappa shape index (κ2) is 7.49. The maximum atomic E-state index is 12.7. The van der Waals surface area contributed by atoms with Crippen LogP contribution >= 0.6 is 0 Å². The number of anilines is 1. The van der Waals surface area contributed by atoms with E-state index in [0.29, 0.717) is 31.2 Å². The molecule has 1 aliphatic heterocycles. The Morgan fingerprint density at radius 3 is 2.56 bits per heavy atom. The van der Waals surface area contributed by atoms with Crippen molar-refractivity contribution in [2.24, 2.45) is 0 Å². The summed E-state index contributed by atoms with van der Waals surface area (Å²) in [6.45, 7) is 3.00. The van der Waals surface area contributed by atoms with Crippen LogP contribution in [0.3, 0.4) is 0 Å². The van der Waals surface area contributed by atoms with Gasteiger partial charge in [-0.1, -0.05) is 12.1 Å². The zero-order chi connectivity index (χ0) is 18.6. The number of pyridine rings is 2. The number of nitrogens with zero attached hydrogens (tertiary/aromatic N) is 4. The number of amides is 1. The Bertz CT molecular complexity index is 972. The highest BCUT2D eigenvalue weighted by Crippen LogP contribution is 2.16. The molecule has 1 aliphatic rings. The van der Waals surface area contributed by atoms with Crippen LogP contribution in [0.25, 0.3) is 0 Å². The second-order valence-electron chi connectivity index (χ2n) is 6.40. The van der Waals surface area contributed by atoms with Crippen molar-refractivity contribution in [2.45, 2.75) is 6.54 Å². The van der Waals surface area contributed by atoms with E-state index in [1.54, 1.807) is 46.1 Å². The third-order valence-electron chi connectivity index (χ3n) is 4.64. The molecule has 0 radical (unpaired) electrons. The highest BCUT2D eigenvalue weighted by atomic mass is 16.4. The quantitative estimate of drug-likeness (QED) is 0.706. The number of hydrogen-bond acceptors (Lipinski definition) is 5. The highest BCUT2D eigenvalue weighted by molar-refractivity contribution is 5.91. The average molecular weight is 364 g/mol. The predicted octanol–water partition coefficient (Wildman–Crippen LogP) is 1.85. The Morgan fingerprint density at radius 1 is 1.00 bits per heavy atom. The van der Waals surface area contributed by atoms with Crippen LogP contribution < -0.4 is 10.5 Å². The van der Waals surface area contributed by atoms with Gasteiger partial charge in [-0.3, -0.25) is 9.59 Å². The van der Waals surface area contributed by atoms with Crippen molar-refractivity contribution in [1.82, 2.24) is 14.5 Å². The summed E-state index contributed by atoms with van der Waals surface area (Å²) in [5, 5.41) is 0. The van der Waals surface area contributed by atoms with Gasteiger partial charge >= 0.3 is 0 Å². The smallest absolute Gasteiger partial charge is 0.289 e. The van der Waals surface area contributed by atoms with E-state index in [1.807, 2.05) is 18.2 Å². The lowest BCUT2D eigenvalue weighted by Gasteiger charge is -2.34. The van der Waals surface area contributed by atoms with Crippen LogP contribution in [0.1, 0.15) is 16.3 Å². The predicted molar refractivity (Wildman–Crippen MR) is 101 cm³/mol. The van der Waals surface area contributed by atoms with E-state index in [9.17, 15) is 9.59 Å². The third kappa shape index (κ3) is 3.76. The minimum Gasteiger partial charge on any atom is -0.454 e. The van der Waals surface area contributed by atoms with Crippen LogP contribution in [0.15, 0.2) is 70.1 Å². The van der Waals surface area contributed by atoms with Crippen LogP contribution in [-0.4, -0.2) is 46.5 Å². The molecule has 1 saturated heterocycles. The molecule has 3 aromatic heterocycles. The van der Waals surface area contributed by atoms with Gasteiger partial charge in [-0.2, -0.15) is 0 Å². The molecule has 0 N–H and O–H groups in total. The first-order valence-corrected chi connectivity index (χ1v) is 8.90. The van der Waals surface area contributed by atoms with Gasteiger partial charge in [0.05, 0.1) is 6.54 Å². The Labute approximate surface area is 156 Å². The molecule has 4 heterocycles. The molecule has 0 bridgehead atoms. The summed E-state index contributed by atoms with van der Waals surface area (Å²) < 4.78 is 7.23. The Hall–Kier alpha value is -3.35. The van der Waals surface area contributed by atoms with Gasteiger partial charge in [0.1, 0.15) is 11.6 Å². The minimum absolute atomic E-state index is 0.104. The first-order chi connectivity index (χ1) is 13.2. The third-order valence-corrected chi connectivity index (χ3v) is 4.64. The van der Waals surface area contributed by atoms with Gasteiger partial charge in [0.15, 0.2) is 5.76 Å². The second-order valence-corrected chi connectivity index (χ2v) is 6.40. The Kier molecular flexibility index (Phi) is 4.74. The molecular weight excluding hydrogens is 344 g/mol. The summed E-state index contributed by atoms with van der Waals surface area (Å²) in [4.78, 5) is 32.8. The van der Waals surface area contributed by atoms with Gasteiger partial charge in [0.2, 0.25) is 0 Å². The fourth-order valence-corrected chi connectivity index (χ4v) is 3.17. The molecule has 7 heteroatoms. The van der Waals surface area contributed by atoms with Gasteiger partial charge < -0.3 is 18.8 Å². The number of rotatable bonds is 4. The molecule has 27 heavy (non-hydrogen) atoms. The molecule has 0 aliphatic carbocycles. The van der Waals surface area contributed by atoms with Crippen LogP contribution in [-0.2, 0) is 6.54 Å². The fraction of sp³-hybridized carbons (Fsp3) is 0.250. The summed E-state index contributed by atoms with van der Waals surface area (Å²) in [5.74, 6) is 1.69. The summed E-state index contributed by atoms with van der Waals surface area (Å²) >= 11 is 0. The summed E-state index contributed by atoms with van der Waals surface area (Å²) in [7, 11) is 0. The molecule has 0 saturated carbocycles. The zero-order valence-corrected chi connectivity index (χ0v) is 14.8. The van der Waals surface area contributed by atoms with E-state index in [0.717, 1.165) is 18.9 Å². The number of furan rings is 1. The van der Waals surface area contributed by atoms with Gasteiger partial charge in [0.25, 0.3) is 11.5 Å². The lowest BCUT2D eigenvalue weighted by molar-refractivity contribution is 0.0712. The lowest BCUT2D eigenvalue weighted by Crippen LogP contribution is -2.49. The van der Waals surface area contributed by atoms with E-state index >= 15 is 0 Å². The van der Waals surface area contributed by atoms with Crippen molar-refractivity contribution < 1.29 is 9.21 Å². The van der Waals surface area contributed by atoms with Crippen LogP contribution in [0.2, 0.25) is 0 Å². The number of aromatic nitrogens is 2. The van der Waals surface area contributed by atoms with E-state index in [2.05, 4.69) is 9.88 Å². The summed E-state index contributed by atoms with van der Waals surface area (Å²) in [6.07, 6.45) is 3.47. The Balaban J connectivity index is 1.39. The number of carbonyl (C=O) groups excluding carboxylic acids is 1. The fourth-order valence-electron chi connectivity index (χ4n) is 3.17. The van der Waals surface area contributed by atoms with Gasteiger partial charge in [-0.25, -0.2) is 4.98 Å². The topological polar surface area (TPSA) is 71.6 Å². The summed E-state index contributed by atoms with van der Waals surface area (Å²) in [6, 6.07) is 14.2. The maximum Gasteiger partial charge on any atom is 0.289 e. The van der Waals surface area contributed by atoms with Crippen LogP contribution in [0.5, 0.6) is 0 Å². The molecule has 138 valence electrons. The van der Waals surface area contributed by atoms with E-state index in [-0.39, 0.29) is 11.5 Å². The molecule has 4 rings (SSSR count). The normalized spacial score (nSPS) is 14.4. The van der Waals surface area contributed by atoms with Crippen molar-refractivity contribution in [3.63, 3.8) is 0 Å². The largest absolute Gasteiger partial charge is 0.454 e. The van der Waals surface area contributed by atoms with Crippen molar-refractivity contribution in [3.05, 3.63) is 82.8 Å². The Morgan fingerprint density at radius 2 is 1.81 bits per heavy atom. The van der Waals surface area contributed by atoms with Crippen molar-refractivity contribution in [1.29, 1.82) is 0 Å². The molecule has 0 unspecified atom stereocenters. The van der Waals surface area contributed by atoms with E-state index in [1.165, 1.54) is 6.07 Å². The lowest BCUT2D eigenvalue weighted by atomic mass is 10.2. The van der Waals surface area contributed by atoms with E-state index in [4.69, 9.17) is 4.42 Å². The zero-order valence-electron chi connectivity index (χ0n) is 14.8. The van der Waals surface area contributed by atoms with Crippen molar-refractivity contribution in [3.8, 4) is 0 Å². The molecule has 7 nitrogen and oxygen atoms in total. The van der Waals surface area contributed by atoms with E-state index < -0.39 is 0 Å². The first-order valence-electron chi connectivity index (χ1n) is 8.90. The number of carbonyl (C=O) groups is 1. The van der Waals surface area contributed by atoms with Gasteiger partial charge in [-0.05, 0) is 30.3 Å². The van der Waals surface area contributed by atoms with Crippen molar-refractivity contribution in [2.75, 3.05) is 31.1 Å². The highest BCUT2D eigenvalue weighted by Gasteiger charge is 2.24. The molecular formula is C20H20N4O3. The van der Waals surface area contributed by atoms with Crippen LogP contribution in [0, 0.1) is 0 Å². The average Bonchev–Trinajstić information content (AvgIpc) is 3.18. The number of piperazine rings is 1. The molecule has 0 atom stereocenters. The molecule has 3 aromatic rings. The molecule has 0 spiro atoms. The van der Waals surface area contributed by atoms with Gasteiger partial charge in [0, 0.05) is 44.6 Å². The maximum absolute atomic E-state index is 12.7. The van der Waals surface area contributed by atoms with Gasteiger partial charge in [-0.15, -0.1) is 0 Å². The first kappa shape index (κ1) is 17.1. The van der Waals surface area contributed by atoms with Crippen LogP contribution in [0.4, 0.5) is 5.82 Å². The monoisotopic (exact) mass is 364 g/mol. The minimum atomic E-state index is -0.123. The summed E-state index contributed by atoms with van der Waals surface area (Å²) in [5.41, 5.74) is -0.104. The SMILES string of the molecule is O=C(c1ccc(Cn2ccccc2=O)o1)N1CCN(c2ccccn2)CC1. The molecule has 1 amide bonds. The molecule has 1 fully saturated rings. The van der Waals surface area contributed by atoms with Crippen molar-refractivity contribution >= 4 is 11.7 Å². The number of hydrogen-bond donors (Lipinski definition) is 0. The standard InChI is InChI=1S/C20H20N4O3/c25-19-6-2-4-10-24(19)15-16-7-8-17(27-16)20(26)23-13-11-22(12-14-23)18-5-1-3-9-21-18/h1-10H,11-15H2.